The minimum absolute atomic E-state index is 0.270. The molecule has 0 radical (unpaired) electrons. The Hall–Kier alpha value is -2.97. The van der Waals surface area contributed by atoms with Crippen molar-refractivity contribution in [1.82, 2.24) is 10.2 Å². The fourth-order valence-corrected chi connectivity index (χ4v) is 7.95. The van der Waals surface area contributed by atoms with Crippen LogP contribution < -0.4 is 5.32 Å². The molecular formula is C36H43F3N2O2S. The fraction of sp³-hybridized carbons (Fsp3) is 0.500. The Kier molecular flexibility index (Phi) is 10.6. The lowest BCUT2D eigenvalue weighted by Crippen LogP contribution is -2.47. The second kappa shape index (κ2) is 14.4. The van der Waals surface area contributed by atoms with Crippen LogP contribution in [0.2, 0.25) is 0 Å². The number of Topliss-reactive ketones (excluding diaryl/α,β-unsaturated/α-hetero) is 1. The maximum absolute atomic E-state index is 13.6. The van der Waals surface area contributed by atoms with E-state index in [2.05, 4.69) is 10.2 Å². The van der Waals surface area contributed by atoms with Crippen LogP contribution in [0.5, 0.6) is 0 Å². The standard InChI is InChI=1S/C36H43F3N2O2S/c1-26-17-18-33(44-26)32(42)16-8-3-11-27-19-23-41(24-20-27)22-10-2-9-21-35(34(43)40-25-36(37,38)39)30-14-6-4-12-28(30)29-13-5-7-15-31(29)35/h4-7,12-15,17-18,27H,2-3,8-11,16,19-25H2,1H3,(H,40,43). The number of rotatable bonds is 14. The van der Waals surface area contributed by atoms with E-state index in [1.807, 2.05) is 67.6 Å². The molecule has 1 saturated heterocycles. The van der Waals surface area contributed by atoms with E-state index >= 15 is 0 Å². The molecular weight excluding hydrogens is 581 g/mol. The van der Waals surface area contributed by atoms with Crippen molar-refractivity contribution >= 4 is 23.0 Å². The van der Waals surface area contributed by atoms with E-state index < -0.39 is 24.0 Å². The van der Waals surface area contributed by atoms with Gasteiger partial charge in [0.1, 0.15) is 12.0 Å². The number of unbranched alkanes of at least 4 members (excludes halogenated alkanes) is 3. The molecule has 0 bridgehead atoms. The first-order valence-electron chi connectivity index (χ1n) is 16.0. The van der Waals surface area contributed by atoms with Gasteiger partial charge in [-0.05, 0) is 99.0 Å². The Morgan fingerprint density at radius 3 is 2.16 bits per heavy atom. The molecule has 1 aromatic heterocycles. The van der Waals surface area contributed by atoms with Crippen molar-refractivity contribution in [3.05, 3.63) is 81.5 Å². The number of amides is 1. The summed E-state index contributed by atoms with van der Waals surface area (Å²) in [6, 6.07) is 19.2. The quantitative estimate of drug-likeness (QED) is 0.144. The van der Waals surface area contributed by atoms with E-state index in [1.54, 1.807) is 11.3 Å². The lowest BCUT2D eigenvalue weighted by atomic mass is 9.73. The van der Waals surface area contributed by atoms with Crippen molar-refractivity contribution < 1.29 is 22.8 Å². The number of hydrogen-bond acceptors (Lipinski definition) is 4. The molecule has 2 aliphatic rings. The second-order valence-electron chi connectivity index (χ2n) is 12.5. The van der Waals surface area contributed by atoms with Crippen LogP contribution in [0.4, 0.5) is 13.2 Å². The topological polar surface area (TPSA) is 49.4 Å². The van der Waals surface area contributed by atoms with Crippen molar-refractivity contribution in [2.24, 2.45) is 5.92 Å². The smallest absolute Gasteiger partial charge is 0.346 e. The normalized spacial score (nSPS) is 16.5. The van der Waals surface area contributed by atoms with Crippen LogP contribution in [0.15, 0.2) is 60.7 Å². The van der Waals surface area contributed by atoms with Crippen molar-refractivity contribution in [2.45, 2.75) is 82.7 Å². The molecule has 2 heterocycles. The van der Waals surface area contributed by atoms with Crippen LogP contribution >= 0.6 is 11.3 Å². The third-order valence-corrected chi connectivity index (χ3v) is 10.5. The van der Waals surface area contributed by atoms with Gasteiger partial charge in [-0.15, -0.1) is 11.3 Å². The number of carbonyl (C=O) groups excluding carboxylic acids is 2. The predicted molar refractivity (Wildman–Crippen MR) is 171 cm³/mol. The highest BCUT2D eigenvalue weighted by Crippen LogP contribution is 2.51. The number of hydrogen-bond donors (Lipinski definition) is 1. The van der Waals surface area contributed by atoms with Gasteiger partial charge < -0.3 is 10.2 Å². The lowest BCUT2D eigenvalue weighted by molar-refractivity contribution is -0.141. The number of thiophene rings is 1. The van der Waals surface area contributed by atoms with Gasteiger partial charge in [-0.2, -0.15) is 13.2 Å². The van der Waals surface area contributed by atoms with Crippen LogP contribution in [0.25, 0.3) is 11.1 Å². The molecule has 1 aliphatic heterocycles. The van der Waals surface area contributed by atoms with E-state index in [1.165, 1.54) is 24.1 Å². The number of alkyl halides is 3. The number of nitrogens with zero attached hydrogens (tertiary/aromatic N) is 1. The van der Waals surface area contributed by atoms with Crippen molar-refractivity contribution in [2.75, 3.05) is 26.2 Å². The molecule has 1 N–H and O–H groups in total. The summed E-state index contributed by atoms with van der Waals surface area (Å²) < 4.78 is 39.3. The Morgan fingerprint density at radius 1 is 0.886 bits per heavy atom. The van der Waals surface area contributed by atoms with Crippen LogP contribution in [0.3, 0.4) is 0 Å². The van der Waals surface area contributed by atoms with Crippen molar-refractivity contribution in [3.8, 4) is 11.1 Å². The molecule has 1 amide bonds. The highest BCUT2D eigenvalue weighted by molar-refractivity contribution is 7.14. The number of fused-ring (bicyclic) bond motifs is 3. The van der Waals surface area contributed by atoms with Gasteiger partial charge >= 0.3 is 6.18 Å². The molecule has 44 heavy (non-hydrogen) atoms. The van der Waals surface area contributed by atoms with Crippen LogP contribution in [0, 0.1) is 12.8 Å². The van der Waals surface area contributed by atoms with E-state index in [-0.39, 0.29) is 5.78 Å². The lowest BCUT2D eigenvalue weighted by Gasteiger charge is -2.32. The summed E-state index contributed by atoms with van der Waals surface area (Å²) in [6.45, 7) is 3.87. The zero-order valence-corrected chi connectivity index (χ0v) is 26.4. The molecule has 0 spiro atoms. The first kappa shape index (κ1) is 32.4. The van der Waals surface area contributed by atoms with Crippen LogP contribution in [-0.2, 0) is 10.2 Å². The number of aryl methyl sites for hydroxylation is 1. The highest BCUT2D eigenvalue weighted by atomic mass is 32.1. The van der Waals surface area contributed by atoms with Gasteiger partial charge in [-0.1, -0.05) is 74.2 Å². The summed E-state index contributed by atoms with van der Waals surface area (Å²) in [5, 5.41) is 2.23. The summed E-state index contributed by atoms with van der Waals surface area (Å²) in [6.07, 6.45) is 4.94. The zero-order valence-electron chi connectivity index (χ0n) is 25.6. The Labute approximate surface area is 263 Å². The van der Waals surface area contributed by atoms with Gasteiger partial charge in [0.25, 0.3) is 0 Å². The van der Waals surface area contributed by atoms with E-state index in [9.17, 15) is 22.8 Å². The Bertz CT molecular complexity index is 1380. The van der Waals surface area contributed by atoms with Gasteiger partial charge in [0.2, 0.25) is 5.91 Å². The van der Waals surface area contributed by atoms with Gasteiger partial charge in [0.15, 0.2) is 5.78 Å². The first-order chi connectivity index (χ1) is 21.2. The molecule has 5 rings (SSSR count). The number of benzene rings is 2. The Morgan fingerprint density at radius 2 is 1.55 bits per heavy atom. The number of piperidine rings is 1. The van der Waals surface area contributed by atoms with Crippen LogP contribution in [-0.4, -0.2) is 48.9 Å². The predicted octanol–water partition coefficient (Wildman–Crippen LogP) is 8.72. The number of halogens is 3. The fourth-order valence-electron chi connectivity index (χ4n) is 7.11. The maximum Gasteiger partial charge on any atom is 0.405 e. The molecule has 0 unspecified atom stereocenters. The number of carbonyl (C=O) groups is 2. The third kappa shape index (κ3) is 7.63. The second-order valence-corrected chi connectivity index (χ2v) is 13.8. The summed E-state index contributed by atoms with van der Waals surface area (Å²) in [5.74, 6) is 0.426. The summed E-state index contributed by atoms with van der Waals surface area (Å²) >= 11 is 1.59. The molecule has 4 nitrogen and oxygen atoms in total. The minimum Gasteiger partial charge on any atom is -0.346 e. The first-order valence-corrected chi connectivity index (χ1v) is 16.9. The van der Waals surface area contributed by atoms with E-state index in [4.69, 9.17) is 0 Å². The zero-order chi connectivity index (χ0) is 31.2. The van der Waals surface area contributed by atoms with Gasteiger partial charge in [0, 0.05) is 11.3 Å². The number of likely N-dealkylation sites (tertiary alicyclic amines) is 1. The average molecular weight is 625 g/mol. The van der Waals surface area contributed by atoms with Gasteiger partial charge in [-0.3, -0.25) is 9.59 Å². The molecule has 1 aliphatic carbocycles. The Balaban J connectivity index is 1.08. The molecule has 236 valence electrons. The summed E-state index contributed by atoms with van der Waals surface area (Å²) in [5.41, 5.74) is 2.34. The van der Waals surface area contributed by atoms with Gasteiger partial charge in [-0.25, -0.2) is 0 Å². The molecule has 8 heteroatoms. The van der Waals surface area contributed by atoms with E-state index in [0.29, 0.717) is 12.8 Å². The molecule has 3 aromatic rings. The van der Waals surface area contributed by atoms with Crippen molar-refractivity contribution in [1.29, 1.82) is 0 Å². The largest absolute Gasteiger partial charge is 0.405 e. The highest BCUT2D eigenvalue weighted by Gasteiger charge is 2.49. The average Bonchev–Trinajstić information content (AvgIpc) is 3.58. The molecule has 1 fully saturated rings. The summed E-state index contributed by atoms with van der Waals surface area (Å²) in [4.78, 5) is 30.6. The molecule has 0 atom stereocenters. The molecule has 0 saturated carbocycles. The number of ketones is 1. The monoisotopic (exact) mass is 624 g/mol. The number of nitrogens with one attached hydrogen (secondary N) is 1. The maximum atomic E-state index is 13.6. The van der Waals surface area contributed by atoms with Crippen LogP contribution in [0.1, 0.15) is 89.9 Å². The van der Waals surface area contributed by atoms with Crippen molar-refractivity contribution in [3.63, 3.8) is 0 Å². The minimum atomic E-state index is -4.47. The third-order valence-electron chi connectivity index (χ3n) is 9.42. The van der Waals surface area contributed by atoms with Gasteiger partial charge in [0.05, 0.1) is 4.88 Å². The SMILES string of the molecule is Cc1ccc(C(=O)CCCCC2CCN(CCCCCC3(C(=O)NCC(F)(F)F)c4ccccc4-c4ccccc43)CC2)s1. The van der Waals surface area contributed by atoms with E-state index in [0.717, 1.165) is 84.8 Å². The summed E-state index contributed by atoms with van der Waals surface area (Å²) in [7, 11) is 0. The molecule has 2 aromatic carbocycles.